The fourth-order valence-electron chi connectivity index (χ4n) is 1.59. The van der Waals surface area contributed by atoms with Crippen molar-refractivity contribution in [3.05, 3.63) is 46.9 Å². The molecule has 0 spiro atoms. The van der Waals surface area contributed by atoms with E-state index < -0.39 is 0 Å². The van der Waals surface area contributed by atoms with E-state index in [9.17, 15) is 4.79 Å². The largest absolute Gasteiger partial charge is 0.355 e. The predicted octanol–water partition coefficient (Wildman–Crippen LogP) is 2.10. The average Bonchev–Trinajstić information content (AvgIpc) is 2.47. The van der Waals surface area contributed by atoms with Crippen LogP contribution in [0.15, 0.2) is 30.5 Å². The van der Waals surface area contributed by atoms with Crippen LogP contribution >= 0.6 is 11.6 Å². The van der Waals surface area contributed by atoms with Gasteiger partial charge >= 0.3 is 0 Å². The summed E-state index contributed by atoms with van der Waals surface area (Å²) in [6.07, 6.45) is 1.32. The van der Waals surface area contributed by atoms with Gasteiger partial charge in [0.2, 0.25) is 5.28 Å². The van der Waals surface area contributed by atoms with E-state index in [1.165, 1.54) is 6.20 Å². The first kappa shape index (κ1) is 13.8. The van der Waals surface area contributed by atoms with E-state index in [1.54, 1.807) is 31.3 Å². The molecule has 7 heteroatoms. The maximum Gasteiger partial charge on any atom is 0.253 e. The summed E-state index contributed by atoms with van der Waals surface area (Å²) >= 11 is 5.72. The quantitative estimate of drug-likeness (QED) is 0.844. The van der Waals surface area contributed by atoms with Crippen molar-refractivity contribution in [3.8, 4) is 6.07 Å². The third-order valence-electron chi connectivity index (χ3n) is 2.53. The molecule has 0 fully saturated rings. The molecule has 1 heterocycles. The number of nitriles is 1. The molecule has 1 amide bonds. The van der Waals surface area contributed by atoms with Crippen molar-refractivity contribution in [2.24, 2.45) is 0 Å². The minimum absolute atomic E-state index is 0.0175. The number of nitrogens with zero attached hydrogens (tertiary/aromatic N) is 3. The molecule has 20 heavy (non-hydrogen) atoms. The Morgan fingerprint density at radius 2 is 2.15 bits per heavy atom. The number of anilines is 2. The third-order valence-corrected chi connectivity index (χ3v) is 2.71. The summed E-state index contributed by atoms with van der Waals surface area (Å²) in [5, 5.41) is 14.5. The first-order valence-corrected chi connectivity index (χ1v) is 6.04. The zero-order valence-corrected chi connectivity index (χ0v) is 11.3. The summed E-state index contributed by atoms with van der Waals surface area (Å²) in [6.45, 7) is 0. The molecule has 1 aromatic carbocycles. The lowest BCUT2D eigenvalue weighted by Gasteiger charge is -2.11. The van der Waals surface area contributed by atoms with Crippen LogP contribution in [0.3, 0.4) is 0 Å². The van der Waals surface area contributed by atoms with Crippen LogP contribution in [-0.2, 0) is 0 Å². The van der Waals surface area contributed by atoms with Crippen molar-refractivity contribution in [1.82, 2.24) is 15.3 Å². The normalized spacial score (nSPS) is 9.65. The number of benzene rings is 1. The van der Waals surface area contributed by atoms with Gasteiger partial charge in [-0.3, -0.25) is 4.79 Å². The molecule has 0 radical (unpaired) electrons. The van der Waals surface area contributed by atoms with Gasteiger partial charge in [0.05, 0.1) is 17.4 Å². The van der Waals surface area contributed by atoms with E-state index in [0.29, 0.717) is 11.3 Å². The third kappa shape index (κ3) is 2.84. The highest BCUT2D eigenvalue weighted by atomic mass is 35.5. The van der Waals surface area contributed by atoms with Crippen molar-refractivity contribution in [2.45, 2.75) is 0 Å². The summed E-state index contributed by atoms with van der Waals surface area (Å²) in [5.41, 5.74) is 1.20. The minimum Gasteiger partial charge on any atom is -0.355 e. The van der Waals surface area contributed by atoms with Crippen LogP contribution in [0.4, 0.5) is 11.5 Å². The highest BCUT2D eigenvalue weighted by Crippen LogP contribution is 2.22. The Hall–Kier alpha value is -2.65. The molecule has 2 aromatic rings. The Balaban J connectivity index is 2.43. The number of halogens is 1. The topological polar surface area (TPSA) is 90.7 Å². The molecule has 2 N–H and O–H groups in total. The van der Waals surface area contributed by atoms with Crippen LogP contribution in [-0.4, -0.2) is 22.9 Å². The van der Waals surface area contributed by atoms with E-state index >= 15 is 0 Å². The number of hydrogen-bond donors (Lipinski definition) is 2. The first-order valence-electron chi connectivity index (χ1n) is 5.66. The Morgan fingerprint density at radius 3 is 2.85 bits per heavy atom. The van der Waals surface area contributed by atoms with E-state index in [0.717, 1.165) is 0 Å². The predicted molar refractivity (Wildman–Crippen MR) is 74.9 cm³/mol. The molecule has 0 unspecified atom stereocenters. The second-order valence-electron chi connectivity index (χ2n) is 3.76. The Labute approximate surface area is 120 Å². The molecular formula is C13H10ClN5O. The molecule has 6 nitrogen and oxygen atoms in total. The van der Waals surface area contributed by atoms with Crippen molar-refractivity contribution in [1.29, 1.82) is 5.26 Å². The summed E-state index contributed by atoms with van der Waals surface area (Å²) < 4.78 is 0. The van der Waals surface area contributed by atoms with Crippen LogP contribution in [0.25, 0.3) is 0 Å². The maximum absolute atomic E-state index is 11.8. The number of nitrogens with one attached hydrogen (secondary N) is 2. The monoisotopic (exact) mass is 287 g/mol. The van der Waals surface area contributed by atoms with Gasteiger partial charge in [0.1, 0.15) is 11.6 Å². The number of amides is 1. The lowest BCUT2D eigenvalue weighted by molar-refractivity contribution is 0.0964. The fraction of sp³-hybridized carbons (Fsp3) is 0.0769. The van der Waals surface area contributed by atoms with E-state index in [4.69, 9.17) is 16.9 Å². The number of carbonyl (C=O) groups excluding carboxylic acids is 1. The number of hydrogen-bond acceptors (Lipinski definition) is 5. The number of para-hydroxylation sites is 1. The van der Waals surface area contributed by atoms with E-state index in [1.807, 2.05) is 6.07 Å². The lowest BCUT2D eigenvalue weighted by Crippen LogP contribution is -2.19. The molecule has 0 atom stereocenters. The summed E-state index contributed by atoms with van der Waals surface area (Å²) in [7, 11) is 1.54. The Morgan fingerprint density at radius 1 is 1.40 bits per heavy atom. The van der Waals surface area contributed by atoms with Crippen LogP contribution in [0.1, 0.15) is 15.9 Å². The average molecular weight is 288 g/mol. The maximum atomic E-state index is 11.8. The Bertz CT molecular complexity index is 695. The smallest absolute Gasteiger partial charge is 0.253 e. The van der Waals surface area contributed by atoms with Gasteiger partial charge in [0.25, 0.3) is 5.91 Å². The standard InChI is InChI=1S/C13H10ClN5O/c1-16-12(20)9-4-2-3-5-10(9)18-11-8(6-15)7-17-13(14)19-11/h2-5,7H,1H3,(H,16,20)(H,17,18,19). The number of aromatic nitrogens is 2. The molecule has 0 aliphatic carbocycles. The second-order valence-corrected chi connectivity index (χ2v) is 4.10. The van der Waals surface area contributed by atoms with Gasteiger partial charge in [-0.2, -0.15) is 10.2 Å². The zero-order chi connectivity index (χ0) is 14.5. The van der Waals surface area contributed by atoms with Gasteiger partial charge in [-0.1, -0.05) is 12.1 Å². The molecule has 0 saturated heterocycles. The first-order chi connectivity index (χ1) is 9.65. The van der Waals surface area contributed by atoms with Gasteiger partial charge in [-0.05, 0) is 23.7 Å². The van der Waals surface area contributed by atoms with Gasteiger partial charge in [0, 0.05) is 7.05 Å². The number of rotatable bonds is 3. The van der Waals surface area contributed by atoms with Crippen molar-refractivity contribution < 1.29 is 4.79 Å². The van der Waals surface area contributed by atoms with Gasteiger partial charge in [-0.15, -0.1) is 0 Å². The summed E-state index contributed by atoms with van der Waals surface area (Å²) in [4.78, 5) is 19.5. The minimum atomic E-state index is -0.244. The van der Waals surface area contributed by atoms with Crippen molar-refractivity contribution in [3.63, 3.8) is 0 Å². The summed E-state index contributed by atoms with van der Waals surface area (Å²) in [6, 6.07) is 8.84. The Kier molecular flexibility index (Phi) is 4.13. The van der Waals surface area contributed by atoms with Crippen LogP contribution in [0.2, 0.25) is 5.28 Å². The number of carbonyl (C=O) groups is 1. The van der Waals surface area contributed by atoms with Crippen LogP contribution in [0, 0.1) is 11.3 Å². The molecule has 2 rings (SSSR count). The van der Waals surface area contributed by atoms with Gasteiger partial charge in [0.15, 0.2) is 5.82 Å². The second kappa shape index (κ2) is 5.99. The van der Waals surface area contributed by atoms with E-state index in [2.05, 4.69) is 20.6 Å². The molecule has 1 aromatic heterocycles. The lowest BCUT2D eigenvalue weighted by atomic mass is 10.1. The van der Waals surface area contributed by atoms with E-state index in [-0.39, 0.29) is 22.6 Å². The SMILES string of the molecule is CNC(=O)c1ccccc1Nc1nc(Cl)ncc1C#N. The highest BCUT2D eigenvalue weighted by molar-refractivity contribution is 6.28. The summed E-state index contributed by atoms with van der Waals surface area (Å²) in [5.74, 6) is 0.00983. The van der Waals surface area contributed by atoms with Crippen LogP contribution < -0.4 is 10.6 Å². The molecule has 100 valence electrons. The van der Waals surface area contributed by atoms with Crippen molar-refractivity contribution in [2.75, 3.05) is 12.4 Å². The molecule has 0 aliphatic heterocycles. The fourth-order valence-corrected chi connectivity index (χ4v) is 1.72. The highest BCUT2D eigenvalue weighted by Gasteiger charge is 2.12. The van der Waals surface area contributed by atoms with Gasteiger partial charge < -0.3 is 10.6 Å². The molecule has 0 aliphatic rings. The molecule has 0 bridgehead atoms. The molecule has 0 saturated carbocycles. The molecular weight excluding hydrogens is 278 g/mol. The van der Waals surface area contributed by atoms with Gasteiger partial charge in [-0.25, -0.2) is 4.98 Å². The zero-order valence-electron chi connectivity index (χ0n) is 10.5. The van der Waals surface area contributed by atoms with Crippen molar-refractivity contribution >= 4 is 29.0 Å². The van der Waals surface area contributed by atoms with Crippen LogP contribution in [0.5, 0.6) is 0 Å².